The molecule has 1 unspecified atom stereocenters. The minimum atomic E-state index is -3.21. The second-order valence-corrected chi connectivity index (χ2v) is 27.7. The molecule has 0 radical (unpaired) electrons. The minimum Gasteiger partial charge on any atom is -0.416 e. The van der Waals surface area contributed by atoms with Crippen molar-refractivity contribution in [2.45, 2.75) is 45.8 Å². The van der Waals surface area contributed by atoms with Gasteiger partial charge in [0, 0.05) is 0 Å². The Kier molecular flexibility index (Phi) is 7.43. The second-order valence-electron chi connectivity index (χ2n) is 10.4. The third kappa shape index (κ3) is 6.10. The lowest BCUT2D eigenvalue weighted by Crippen LogP contribution is -2.75. The summed E-state index contributed by atoms with van der Waals surface area (Å²) in [6, 6.07) is 31.0. The van der Waals surface area contributed by atoms with Crippen molar-refractivity contribution < 1.29 is 20.6 Å². The van der Waals surface area contributed by atoms with E-state index in [4.69, 9.17) is 20.6 Å². The highest BCUT2D eigenvalue weighted by atomic mass is 28.5. The van der Waals surface area contributed by atoms with Crippen LogP contribution in [0.3, 0.4) is 0 Å². The summed E-state index contributed by atoms with van der Waals surface area (Å²) in [5.74, 6) is 0. The Labute approximate surface area is 215 Å². The van der Waals surface area contributed by atoms with Gasteiger partial charge in [0.05, 0.1) is 0 Å². The van der Waals surface area contributed by atoms with E-state index in [9.17, 15) is 0 Å². The maximum atomic E-state index is 7.25. The van der Waals surface area contributed by atoms with Crippen LogP contribution in [0.1, 0.15) is 0 Å². The Bertz CT molecular complexity index is 1090. The van der Waals surface area contributed by atoms with Gasteiger partial charge in [0.1, 0.15) is 0 Å². The van der Waals surface area contributed by atoms with Gasteiger partial charge in [0.15, 0.2) is 0 Å². The van der Waals surface area contributed by atoms with Crippen molar-refractivity contribution in [2.75, 3.05) is 0 Å². The summed E-state index contributed by atoms with van der Waals surface area (Å²) < 4.78 is 35.2. The van der Waals surface area contributed by atoms with Gasteiger partial charge in [-0.1, -0.05) is 91.0 Å². The van der Waals surface area contributed by atoms with Crippen molar-refractivity contribution in [2.24, 2.45) is 0 Å². The molecule has 1 saturated heterocycles. The van der Waals surface area contributed by atoms with E-state index >= 15 is 0 Å². The molecule has 0 N–H and O–H groups in total. The van der Waals surface area contributed by atoms with E-state index in [1.807, 2.05) is 54.6 Å². The molecule has 1 aliphatic rings. The van der Waals surface area contributed by atoms with Crippen LogP contribution in [0.2, 0.25) is 45.8 Å². The van der Waals surface area contributed by atoms with E-state index in [0.717, 1.165) is 15.6 Å². The molecule has 1 aliphatic heterocycles. The fraction of sp³-hybridized carbons (Fsp3) is 0.280. The van der Waals surface area contributed by atoms with Gasteiger partial charge in [-0.25, -0.2) is 0 Å². The molecule has 186 valence electrons. The zero-order valence-corrected chi connectivity index (χ0v) is 26.7. The molecule has 1 heterocycles. The highest BCUT2D eigenvalue weighted by Crippen LogP contribution is 2.31. The Morgan fingerprint density at radius 2 is 0.686 bits per heavy atom. The van der Waals surface area contributed by atoms with Gasteiger partial charge in [-0.3, -0.25) is 0 Å². The molecule has 3 aromatic carbocycles. The quantitative estimate of drug-likeness (QED) is 0.447. The Balaban J connectivity index is 1.94. The van der Waals surface area contributed by atoms with Gasteiger partial charge in [-0.05, 0) is 61.4 Å². The SMILES string of the molecule is C[Si]1(C)O[Si](C)(C)O[Si](c2ccccc2)(c2ccccc2)O[Si](C)(C)O[Si](C)(c2ccccc2)O1. The molecule has 5 nitrogen and oxygen atoms in total. The van der Waals surface area contributed by atoms with Crippen LogP contribution in [-0.4, -0.2) is 42.8 Å². The van der Waals surface area contributed by atoms with Gasteiger partial charge in [-0.15, -0.1) is 0 Å². The normalized spacial score (nSPS) is 25.5. The summed E-state index contributed by atoms with van der Waals surface area (Å²) in [7, 11) is -14.3. The first-order chi connectivity index (χ1) is 16.4. The molecule has 3 aromatic rings. The van der Waals surface area contributed by atoms with E-state index in [1.54, 1.807) is 0 Å². The molecule has 0 aromatic heterocycles. The number of hydrogen-bond acceptors (Lipinski definition) is 5. The van der Waals surface area contributed by atoms with Crippen molar-refractivity contribution in [3.63, 3.8) is 0 Å². The number of hydrogen-bond donors (Lipinski definition) is 0. The molecule has 35 heavy (non-hydrogen) atoms. The van der Waals surface area contributed by atoms with Crippen LogP contribution in [0.5, 0.6) is 0 Å². The fourth-order valence-corrected chi connectivity index (χ4v) is 30.6. The van der Waals surface area contributed by atoms with E-state index in [0.29, 0.717) is 0 Å². The van der Waals surface area contributed by atoms with Crippen molar-refractivity contribution in [3.05, 3.63) is 91.0 Å². The Morgan fingerprint density at radius 3 is 1.09 bits per heavy atom. The second kappa shape index (κ2) is 9.78. The fourth-order valence-electron chi connectivity index (χ4n) is 4.90. The van der Waals surface area contributed by atoms with Gasteiger partial charge in [-0.2, -0.15) is 0 Å². The summed E-state index contributed by atoms with van der Waals surface area (Å²) in [6.45, 7) is 14.8. The molecule has 0 saturated carbocycles. The van der Waals surface area contributed by atoms with Gasteiger partial charge in [0.25, 0.3) is 0 Å². The summed E-state index contributed by atoms with van der Waals surface area (Å²) in [6.07, 6.45) is 0. The van der Waals surface area contributed by atoms with E-state index < -0.39 is 42.8 Å². The lowest BCUT2D eigenvalue weighted by Gasteiger charge is -2.49. The van der Waals surface area contributed by atoms with Crippen LogP contribution in [0.25, 0.3) is 0 Å². The molecule has 1 atom stereocenters. The Hall–Kier alpha value is -1.46. The molecule has 0 spiro atoms. The van der Waals surface area contributed by atoms with E-state index in [2.05, 4.69) is 82.2 Å². The first-order valence-electron chi connectivity index (χ1n) is 12.0. The van der Waals surface area contributed by atoms with Gasteiger partial charge in [0.2, 0.25) is 0 Å². The molecule has 10 heteroatoms. The maximum absolute atomic E-state index is 7.25. The van der Waals surface area contributed by atoms with Crippen molar-refractivity contribution >= 4 is 58.4 Å². The number of benzene rings is 3. The number of rotatable bonds is 3. The van der Waals surface area contributed by atoms with E-state index in [1.165, 1.54) is 0 Å². The van der Waals surface area contributed by atoms with E-state index in [-0.39, 0.29) is 0 Å². The van der Waals surface area contributed by atoms with Crippen LogP contribution >= 0.6 is 0 Å². The summed E-state index contributed by atoms with van der Waals surface area (Å²) in [4.78, 5) is 0. The summed E-state index contributed by atoms with van der Waals surface area (Å²) >= 11 is 0. The van der Waals surface area contributed by atoms with Crippen LogP contribution < -0.4 is 15.6 Å². The van der Waals surface area contributed by atoms with Gasteiger partial charge >= 0.3 is 42.8 Å². The monoisotopic (exact) mass is 556 g/mol. The van der Waals surface area contributed by atoms with Crippen molar-refractivity contribution in [3.8, 4) is 0 Å². The molecule has 0 bridgehead atoms. The first kappa shape index (κ1) is 26.6. The Morgan fingerprint density at radius 1 is 0.371 bits per heavy atom. The average molecular weight is 557 g/mol. The predicted octanol–water partition coefficient (Wildman–Crippen LogP) is 4.42. The molecule has 1 fully saturated rings. The van der Waals surface area contributed by atoms with Crippen LogP contribution in [0.15, 0.2) is 91.0 Å². The molecule has 0 aliphatic carbocycles. The first-order valence-corrected chi connectivity index (χ1v) is 24.6. The average Bonchev–Trinajstić information content (AvgIpc) is 2.78. The van der Waals surface area contributed by atoms with Crippen LogP contribution in [0.4, 0.5) is 0 Å². The lowest BCUT2D eigenvalue weighted by atomic mass is 10.4. The lowest BCUT2D eigenvalue weighted by molar-refractivity contribution is 0.248. The van der Waals surface area contributed by atoms with Gasteiger partial charge < -0.3 is 20.6 Å². The highest BCUT2D eigenvalue weighted by molar-refractivity contribution is 7.04. The molecule has 0 amide bonds. The minimum absolute atomic E-state index is 1.06. The zero-order chi connectivity index (χ0) is 25.4. The molecule has 4 rings (SSSR count). The predicted molar refractivity (Wildman–Crippen MR) is 153 cm³/mol. The third-order valence-electron chi connectivity index (χ3n) is 5.76. The van der Waals surface area contributed by atoms with Crippen LogP contribution in [0, 0.1) is 0 Å². The highest BCUT2D eigenvalue weighted by Gasteiger charge is 2.57. The largest absolute Gasteiger partial charge is 0.416 e. The summed E-state index contributed by atoms with van der Waals surface area (Å²) in [5, 5.41) is 3.20. The third-order valence-corrected chi connectivity index (χ3v) is 26.5. The smallest absolute Gasteiger partial charge is 0.389 e. The molecular formula is C25H36O5Si5. The van der Waals surface area contributed by atoms with Crippen molar-refractivity contribution in [1.82, 2.24) is 0 Å². The summed E-state index contributed by atoms with van der Waals surface area (Å²) in [5.41, 5.74) is 0. The van der Waals surface area contributed by atoms with Crippen molar-refractivity contribution in [1.29, 1.82) is 0 Å². The van der Waals surface area contributed by atoms with Crippen LogP contribution in [-0.2, 0) is 20.6 Å². The zero-order valence-electron chi connectivity index (χ0n) is 21.7. The topological polar surface area (TPSA) is 46.2 Å². The standard InChI is InChI=1S/C25H36O5Si5/c1-31(2)26-32(3,4)29-35(24-19-13-9-14-20-24,25-21-15-10-16-22-25)30-33(5,6)28-34(7,27-31)23-17-11-8-12-18-23/h8-22H,1-7H3. The molecular weight excluding hydrogens is 521 g/mol. The maximum Gasteiger partial charge on any atom is 0.389 e.